The van der Waals surface area contributed by atoms with Crippen molar-refractivity contribution in [1.82, 2.24) is 19.4 Å². The van der Waals surface area contributed by atoms with Crippen molar-refractivity contribution in [2.24, 2.45) is 5.92 Å². The van der Waals surface area contributed by atoms with Gasteiger partial charge in [0.1, 0.15) is 5.82 Å². The SMILES string of the molecule is O=C(O)N1CCC(Cc2nc3ccccc3n2Cc2cscn2)CC1. The van der Waals surface area contributed by atoms with E-state index in [-0.39, 0.29) is 0 Å². The predicted octanol–water partition coefficient (Wildman–Crippen LogP) is 3.47. The van der Waals surface area contributed by atoms with Gasteiger partial charge in [-0.25, -0.2) is 14.8 Å². The first-order chi connectivity index (χ1) is 12.2. The number of benzene rings is 1. The van der Waals surface area contributed by atoms with Crippen LogP contribution in [0.25, 0.3) is 11.0 Å². The van der Waals surface area contributed by atoms with Gasteiger partial charge in [0, 0.05) is 24.9 Å². The lowest BCUT2D eigenvalue weighted by Crippen LogP contribution is -2.38. The molecule has 0 unspecified atom stereocenters. The van der Waals surface area contributed by atoms with Gasteiger partial charge in [0.2, 0.25) is 0 Å². The van der Waals surface area contributed by atoms with Crippen molar-refractivity contribution in [3.63, 3.8) is 0 Å². The molecule has 1 amide bonds. The second-order valence-corrected chi connectivity index (χ2v) is 7.22. The molecule has 130 valence electrons. The molecule has 0 radical (unpaired) electrons. The third-order valence-corrected chi connectivity index (χ3v) is 5.53. The normalized spacial score (nSPS) is 15.8. The Labute approximate surface area is 149 Å². The highest BCUT2D eigenvalue weighted by molar-refractivity contribution is 7.07. The summed E-state index contributed by atoms with van der Waals surface area (Å²) in [6.07, 6.45) is 1.86. The maximum atomic E-state index is 11.1. The van der Waals surface area contributed by atoms with Crippen LogP contribution >= 0.6 is 11.3 Å². The Hall–Kier alpha value is -2.41. The molecule has 1 fully saturated rings. The van der Waals surface area contributed by atoms with Crippen LogP contribution in [-0.2, 0) is 13.0 Å². The molecular weight excluding hydrogens is 336 g/mol. The molecule has 6 nitrogen and oxygen atoms in total. The topological polar surface area (TPSA) is 71.2 Å². The number of thiazole rings is 1. The summed E-state index contributed by atoms with van der Waals surface area (Å²) in [6, 6.07) is 8.20. The molecule has 1 aliphatic rings. The number of likely N-dealkylation sites (tertiary alicyclic amines) is 1. The number of imidazole rings is 1. The van der Waals surface area contributed by atoms with E-state index in [0.717, 1.165) is 48.4 Å². The van der Waals surface area contributed by atoms with Crippen LogP contribution in [0.3, 0.4) is 0 Å². The van der Waals surface area contributed by atoms with Gasteiger partial charge in [-0.2, -0.15) is 0 Å². The number of hydrogen-bond acceptors (Lipinski definition) is 4. The Morgan fingerprint density at radius 2 is 2.08 bits per heavy atom. The number of carbonyl (C=O) groups is 1. The first kappa shape index (κ1) is 16.1. The fraction of sp³-hybridized carbons (Fsp3) is 0.389. The van der Waals surface area contributed by atoms with Crippen LogP contribution in [0.4, 0.5) is 4.79 Å². The van der Waals surface area contributed by atoms with E-state index in [1.165, 1.54) is 4.90 Å². The van der Waals surface area contributed by atoms with Crippen molar-refractivity contribution in [2.45, 2.75) is 25.8 Å². The van der Waals surface area contributed by atoms with Crippen LogP contribution in [0.5, 0.6) is 0 Å². The first-order valence-corrected chi connectivity index (χ1v) is 9.44. The van der Waals surface area contributed by atoms with E-state index in [0.29, 0.717) is 19.0 Å². The Morgan fingerprint density at radius 3 is 2.80 bits per heavy atom. The van der Waals surface area contributed by atoms with Crippen molar-refractivity contribution in [3.05, 3.63) is 46.7 Å². The van der Waals surface area contributed by atoms with Gasteiger partial charge in [0.25, 0.3) is 0 Å². The molecule has 0 bridgehead atoms. The third-order valence-electron chi connectivity index (χ3n) is 4.89. The van der Waals surface area contributed by atoms with E-state index in [1.807, 2.05) is 23.7 Å². The molecule has 1 aromatic carbocycles. The second-order valence-electron chi connectivity index (χ2n) is 6.50. The lowest BCUT2D eigenvalue weighted by Gasteiger charge is -2.29. The summed E-state index contributed by atoms with van der Waals surface area (Å²) in [4.78, 5) is 21.8. The van der Waals surface area contributed by atoms with E-state index < -0.39 is 6.09 Å². The van der Waals surface area contributed by atoms with Crippen molar-refractivity contribution in [3.8, 4) is 0 Å². The van der Waals surface area contributed by atoms with Gasteiger partial charge in [-0.05, 0) is 30.9 Å². The molecule has 0 spiro atoms. The quantitative estimate of drug-likeness (QED) is 0.777. The molecule has 0 atom stereocenters. The largest absolute Gasteiger partial charge is 0.465 e. The second kappa shape index (κ2) is 6.84. The Bertz CT molecular complexity index is 866. The Kier molecular flexibility index (Phi) is 4.40. The number of piperidine rings is 1. The first-order valence-electron chi connectivity index (χ1n) is 8.50. The minimum absolute atomic E-state index is 0.474. The molecule has 1 N–H and O–H groups in total. The summed E-state index contributed by atoms with van der Waals surface area (Å²) in [7, 11) is 0. The van der Waals surface area contributed by atoms with Crippen LogP contribution in [0.2, 0.25) is 0 Å². The summed E-state index contributed by atoms with van der Waals surface area (Å²) < 4.78 is 2.26. The summed E-state index contributed by atoms with van der Waals surface area (Å²) in [5.74, 6) is 1.55. The van der Waals surface area contributed by atoms with E-state index in [4.69, 9.17) is 10.1 Å². The standard InChI is InChI=1S/C18H20N4O2S/c23-18(24)21-7-5-13(6-8-21)9-17-20-15-3-1-2-4-16(15)22(17)10-14-11-25-12-19-14/h1-4,11-13H,5-10H2,(H,23,24). The smallest absolute Gasteiger partial charge is 0.407 e. The molecule has 3 heterocycles. The minimum atomic E-state index is -0.811. The molecule has 4 rings (SSSR count). The van der Waals surface area contributed by atoms with Gasteiger partial charge >= 0.3 is 6.09 Å². The zero-order valence-electron chi connectivity index (χ0n) is 13.8. The van der Waals surface area contributed by atoms with Crippen molar-refractivity contribution in [1.29, 1.82) is 0 Å². The summed E-state index contributed by atoms with van der Waals surface area (Å²) in [5, 5.41) is 11.2. The van der Waals surface area contributed by atoms with Gasteiger partial charge < -0.3 is 14.6 Å². The third kappa shape index (κ3) is 3.37. The highest BCUT2D eigenvalue weighted by Crippen LogP contribution is 2.25. The van der Waals surface area contributed by atoms with Crippen molar-refractivity contribution < 1.29 is 9.90 Å². The molecular formula is C18H20N4O2S. The number of fused-ring (bicyclic) bond motifs is 1. The van der Waals surface area contributed by atoms with E-state index >= 15 is 0 Å². The summed E-state index contributed by atoms with van der Waals surface area (Å²) >= 11 is 1.61. The monoisotopic (exact) mass is 356 g/mol. The molecule has 0 aliphatic carbocycles. The molecule has 7 heteroatoms. The Balaban J connectivity index is 1.57. The van der Waals surface area contributed by atoms with E-state index in [2.05, 4.69) is 21.0 Å². The zero-order valence-corrected chi connectivity index (χ0v) is 14.7. The van der Waals surface area contributed by atoms with Gasteiger partial charge in [0.15, 0.2) is 0 Å². The zero-order chi connectivity index (χ0) is 17.2. The molecule has 3 aromatic rings. The number of hydrogen-bond donors (Lipinski definition) is 1. The number of carboxylic acid groups (broad SMARTS) is 1. The predicted molar refractivity (Wildman–Crippen MR) is 97.0 cm³/mol. The molecule has 1 saturated heterocycles. The average molecular weight is 356 g/mol. The highest BCUT2D eigenvalue weighted by atomic mass is 32.1. The summed E-state index contributed by atoms with van der Waals surface area (Å²) in [5.41, 5.74) is 5.05. The van der Waals surface area contributed by atoms with Crippen molar-refractivity contribution in [2.75, 3.05) is 13.1 Å². The maximum Gasteiger partial charge on any atom is 0.407 e. The number of amides is 1. The molecule has 1 aliphatic heterocycles. The van der Waals surface area contributed by atoms with Gasteiger partial charge in [0.05, 0.1) is 28.8 Å². The Morgan fingerprint density at radius 1 is 1.28 bits per heavy atom. The van der Waals surface area contributed by atoms with Crippen molar-refractivity contribution >= 4 is 28.5 Å². The van der Waals surface area contributed by atoms with Crippen LogP contribution in [0, 0.1) is 5.92 Å². The summed E-state index contributed by atoms with van der Waals surface area (Å²) in [6.45, 7) is 1.96. The van der Waals surface area contributed by atoms with Crippen LogP contribution in [0.1, 0.15) is 24.4 Å². The lowest BCUT2D eigenvalue weighted by atomic mass is 9.93. The lowest BCUT2D eigenvalue weighted by molar-refractivity contribution is 0.124. The molecule has 2 aromatic heterocycles. The van der Waals surface area contributed by atoms with Gasteiger partial charge in [-0.3, -0.25) is 0 Å². The van der Waals surface area contributed by atoms with E-state index in [1.54, 1.807) is 11.3 Å². The van der Waals surface area contributed by atoms with Crippen LogP contribution in [0.15, 0.2) is 35.2 Å². The van der Waals surface area contributed by atoms with E-state index in [9.17, 15) is 4.79 Å². The minimum Gasteiger partial charge on any atom is -0.465 e. The maximum absolute atomic E-state index is 11.1. The van der Waals surface area contributed by atoms with Gasteiger partial charge in [-0.15, -0.1) is 11.3 Å². The van der Waals surface area contributed by atoms with Crippen LogP contribution < -0.4 is 0 Å². The molecule has 0 saturated carbocycles. The number of aromatic nitrogens is 3. The van der Waals surface area contributed by atoms with Crippen LogP contribution in [-0.4, -0.2) is 43.7 Å². The van der Waals surface area contributed by atoms with Gasteiger partial charge in [-0.1, -0.05) is 12.1 Å². The fourth-order valence-corrected chi connectivity index (χ4v) is 4.07. The average Bonchev–Trinajstić information content (AvgIpc) is 3.24. The molecule has 25 heavy (non-hydrogen) atoms. The highest BCUT2D eigenvalue weighted by Gasteiger charge is 2.24. The fourth-order valence-electron chi connectivity index (χ4n) is 3.52. The number of rotatable bonds is 4. The number of para-hydroxylation sites is 2. The number of nitrogens with zero attached hydrogens (tertiary/aromatic N) is 4.